The van der Waals surface area contributed by atoms with E-state index in [0.717, 1.165) is 19.3 Å². The largest absolute Gasteiger partial charge is 0.444 e. The average Bonchev–Trinajstić information content (AvgIpc) is 3.01. The molecule has 1 saturated heterocycles. The summed E-state index contributed by atoms with van der Waals surface area (Å²) in [5, 5.41) is 22.3. The zero-order valence-corrected chi connectivity index (χ0v) is 15.8. The van der Waals surface area contributed by atoms with Crippen LogP contribution in [-0.2, 0) is 9.53 Å². The Morgan fingerprint density at radius 2 is 2.00 bits per heavy atom. The number of rotatable bonds is 4. The summed E-state index contributed by atoms with van der Waals surface area (Å²) in [6, 6.07) is 1.03. The summed E-state index contributed by atoms with van der Waals surface area (Å²) >= 11 is 0. The maximum Gasteiger partial charge on any atom is 0.408 e. The zero-order chi connectivity index (χ0) is 19.1. The van der Waals surface area contributed by atoms with Crippen LogP contribution >= 0.6 is 0 Å². The second-order valence-electron chi connectivity index (χ2n) is 9.00. The van der Waals surface area contributed by atoms with Crippen molar-refractivity contribution in [3.8, 4) is 6.07 Å². The average molecular weight is 363 g/mol. The number of likely N-dealkylation sites (tertiary alicyclic amines) is 1. The Hall–Kier alpha value is -1.81. The lowest BCUT2D eigenvalue weighted by Crippen LogP contribution is -2.59. The van der Waals surface area contributed by atoms with Gasteiger partial charge in [-0.15, -0.1) is 0 Å². The molecule has 3 fully saturated rings. The first-order valence-corrected chi connectivity index (χ1v) is 9.53. The number of amides is 2. The SMILES string of the molecule is CC(C)(C)OC(=O)NC(C(=O)N1C(C#N)CC2CC21)C1(CO)CCCC1. The van der Waals surface area contributed by atoms with Crippen molar-refractivity contribution in [3.63, 3.8) is 0 Å². The number of nitrogens with zero attached hydrogens (tertiary/aromatic N) is 2. The van der Waals surface area contributed by atoms with E-state index in [0.29, 0.717) is 25.2 Å². The third-order valence-corrected chi connectivity index (χ3v) is 5.94. The molecule has 144 valence electrons. The molecule has 7 nitrogen and oxygen atoms in total. The lowest BCUT2D eigenvalue weighted by Gasteiger charge is -2.39. The molecule has 0 aromatic rings. The number of carbonyl (C=O) groups excluding carboxylic acids is 2. The molecular formula is C19H29N3O4. The topological polar surface area (TPSA) is 103 Å². The number of fused-ring (bicyclic) bond motifs is 1. The Balaban J connectivity index is 1.84. The van der Waals surface area contributed by atoms with Crippen LogP contribution in [0.1, 0.15) is 59.3 Å². The minimum Gasteiger partial charge on any atom is -0.444 e. The lowest BCUT2D eigenvalue weighted by atomic mass is 9.78. The third-order valence-electron chi connectivity index (χ3n) is 5.94. The minimum atomic E-state index is -0.861. The first kappa shape index (κ1) is 19.0. The van der Waals surface area contributed by atoms with E-state index in [1.54, 1.807) is 25.7 Å². The van der Waals surface area contributed by atoms with Crippen molar-refractivity contribution in [2.24, 2.45) is 11.3 Å². The van der Waals surface area contributed by atoms with E-state index in [1.165, 1.54) is 0 Å². The fraction of sp³-hybridized carbons (Fsp3) is 0.842. The summed E-state index contributed by atoms with van der Waals surface area (Å²) < 4.78 is 5.35. The van der Waals surface area contributed by atoms with Gasteiger partial charge in [0.2, 0.25) is 5.91 Å². The first-order valence-electron chi connectivity index (χ1n) is 9.53. The smallest absolute Gasteiger partial charge is 0.408 e. The summed E-state index contributed by atoms with van der Waals surface area (Å²) in [7, 11) is 0. The molecule has 3 rings (SSSR count). The molecule has 3 aliphatic rings. The van der Waals surface area contributed by atoms with Gasteiger partial charge in [-0.25, -0.2) is 4.79 Å². The monoisotopic (exact) mass is 363 g/mol. The van der Waals surface area contributed by atoms with Gasteiger partial charge in [-0.3, -0.25) is 4.79 Å². The van der Waals surface area contributed by atoms with Gasteiger partial charge in [-0.05, 0) is 52.4 Å². The van der Waals surface area contributed by atoms with E-state index < -0.39 is 29.2 Å². The van der Waals surface area contributed by atoms with Crippen LogP contribution in [0.2, 0.25) is 0 Å². The van der Waals surface area contributed by atoms with Gasteiger partial charge in [0.15, 0.2) is 0 Å². The van der Waals surface area contributed by atoms with Gasteiger partial charge in [-0.2, -0.15) is 5.26 Å². The van der Waals surface area contributed by atoms with Crippen molar-refractivity contribution in [2.75, 3.05) is 6.61 Å². The molecule has 2 amide bonds. The predicted molar refractivity (Wildman–Crippen MR) is 93.9 cm³/mol. The van der Waals surface area contributed by atoms with Crippen molar-refractivity contribution < 1.29 is 19.4 Å². The van der Waals surface area contributed by atoms with Crippen LogP contribution in [0.15, 0.2) is 0 Å². The van der Waals surface area contributed by atoms with Crippen LogP contribution in [0.25, 0.3) is 0 Å². The van der Waals surface area contributed by atoms with E-state index in [2.05, 4.69) is 11.4 Å². The highest BCUT2D eigenvalue weighted by molar-refractivity contribution is 5.88. The molecule has 0 aromatic carbocycles. The molecule has 1 heterocycles. The van der Waals surface area contributed by atoms with Crippen molar-refractivity contribution in [1.82, 2.24) is 10.2 Å². The molecule has 0 radical (unpaired) electrons. The molecule has 1 aliphatic heterocycles. The molecule has 2 N–H and O–H groups in total. The van der Waals surface area contributed by atoms with E-state index >= 15 is 0 Å². The predicted octanol–water partition coefficient (Wildman–Crippen LogP) is 1.95. The van der Waals surface area contributed by atoms with Crippen molar-refractivity contribution in [3.05, 3.63) is 0 Å². The summed E-state index contributed by atoms with van der Waals surface area (Å²) in [6.45, 7) is 5.13. The molecule has 0 spiro atoms. The quantitative estimate of drug-likeness (QED) is 0.795. The highest BCUT2D eigenvalue weighted by Crippen LogP contribution is 2.49. The summed E-state index contributed by atoms with van der Waals surface area (Å²) in [5.41, 5.74) is -1.36. The second-order valence-corrected chi connectivity index (χ2v) is 9.00. The van der Waals surface area contributed by atoms with E-state index in [1.807, 2.05) is 0 Å². The number of piperidine rings is 1. The Morgan fingerprint density at radius 3 is 2.54 bits per heavy atom. The molecule has 0 aromatic heterocycles. The summed E-state index contributed by atoms with van der Waals surface area (Å²) in [4.78, 5) is 27.4. The number of carbonyl (C=O) groups is 2. The first-order chi connectivity index (χ1) is 12.2. The van der Waals surface area contributed by atoms with Gasteiger partial charge in [0.1, 0.15) is 17.7 Å². The van der Waals surface area contributed by atoms with Gasteiger partial charge in [0.05, 0.1) is 12.7 Å². The van der Waals surface area contributed by atoms with Crippen molar-refractivity contribution in [1.29, 1.82) is 5.26 Å². The fourth-order valence-corrected chi connectivity index (χ4v) is 4.56. The molecule has 7 heteroatoms. The van der Waals surface area contributed by atoms with E-state index in [-0.39, 0.29) is 18.6 Å². The van der Waals surface area contributed by atoms with Crippen LogP contribution in [0.4, 0.5) is 4.79 Å². The number of hydrogen-bond donors (Lipinski definition) is 2. The number of aliphatic hydroxyl groups excluding tert-OH is 1. The number of alkyl carbamates (subject to hydrolysis) is 1. The van der Waals surface area contributed by atoms with Crippen LogP contribution in [0, 0.1) is 22.7 Å². The van der Waals surface area contributed by atoms with Gasteiger partial charge in [-0.1, -0.05) is 12.8 Å². The van der Waals surface area contributed by atoms with Crippen LogP contribution in [0.3, 0.4) is 0 Å². The summed E-state index contributed by atoms with van der Waals surface area (Å²) in [6.07, 6.45) is 4.15. The Morgan fingerprint density at radius 1 is 1.35 bits per heavy atom. The second kappa shape index (κ2) is 6.73. The molecule has 4 atom stereocenters. The van der Waals surface area contributed by atoms with Crippen LogP contribution in [-0.4, -0.2) is 52.3 Å². The van der Waals surface area contributed by atoms with Crippen molar-refractivity contribution >= 4 is 12.0 Å². The van der Waals surface area contributed by atoms with E-state index in [4.69, 9.17) is 4.74 Å². The fourth-order valence-electron chi connectivity index (χ4n) is 4.56. The number of ether oxygens (including phenoxy) is 1. The highest BCUT2D eigenvalue weighted by atomic mass is 16.6. The standard InChI is InChI=1S/C19H29N3O4/c1-18(2,3)26-17(25)21-15(19(11-23)6-4-5-7-19)16(24)22-13(10-20)8-12-9-14(12)22/h12-15,23H,4-9,11H2,1-3H3,(H,21,25). The number of nitrogens with one attached hydrogen (secondary N) is 1. The van der Waals surface area contributed by atoms with Crippen LogP contribution < -0.4 is 5.32 Å². The van der Waals surface area contributed by atoms with Gasteiger partial charge in [0, 0.05) is 11.5 Å². The Kier molecular flexibility index (Phi) is 4.91. The molecule has 2 saturated carbocycles. The van der Waals surface area contributed by atoms with Crippen molar-refractivity contribution in [2.45, 2.75) is 83.0 Å². The molecule has 26 heavy (non-hydrogen) atoms. The summed E-state index contributed by atoms with van der Waals surface area (Å²) in [5.74, 6) is 0.155. The highest BCUT2D eigenvalue weighted by Gasteiger charge is 2.57. The zero-order valence-electron chi connectivity index (χ0n) is 15.8. The van der Waals surface area contributed by atoms with Crippen LogP contribution in [0.5, 0.6) is 0 Å². The maximum absolute atomic E-state index is 13.4. The number of aliphatic hydroxyl groups is 1. The lowest BCUT2D eigenvalue weighted by molar-refractivity contribution is -0.139. The molecule has 0 bridgehead atoms. The van der Waals surface area contributed by atoms with Gasteiger partial charge < -0.3 is 20.1 Å². The normalized spacial score (nSPS) is 30.3. The molecular weight excluding hydrogens is 334 g/mol. The Labute approximate surface area is 154 Å². The van der Waals surface area contributed by atoms with Gasteiger partial charge in [0.25, 0.3) is 0 Å². The number of hydrogen-bond acceptors (Lipinski definition) is 5. The maximum atomic E-state index is 13.4. The molecule has 4 unspecified atom stereocenters. The number of nitriles is 1. The third kappa shape index (κ3) is 3.52. The Bertz CT molecular complexity index is 615. The van der Waals surface area contributed by atoms with Gasteiger partial charge >= 0.3 is 6.09 Å². The molecule has 2 aliphatic carbocycles. The minimum absolute atomic E-state index is 0.104. The van der Waals surface area contributed by atoms with E-state index in [9.17, 15) is 20.0 Å².